The summed E-state index contributed by atoms with van der Waals surface area (Å²) in [5.74, 6) is -0.878. The van der Waals surface area contributed by atoms with Crippen LogP contribution >= 0.6 is 11.3 Å². The molecule has 106 valence electrons. The van der Waals surface area contributed by atoms with Crippen LogP contribution in [0.3, 0.4) is 0 Å². The van der Waals surface area contributed by atoms with Gasteiger partial charge in [0.2, 0.25) is 0 Å². The maximum Gasteiger partial charge on any atom is 0.263 e. The second-order valence-electron chi connectivity index (χ2n) is 4.49. The lowest BCUT2D eigenvalue weighted by molar-refractivity contribution is 0.0984. The third-order valence-corrected chi connectivity index (χ3v) is 4.24. The fraction of sp³-hybridized carbons (Fsp3) is 0.125. The molecule has 0 aliphatic heterocycles. The Balaban J connectivity index is 2.01. The molecular formula is C16H13FN2OS. The van der Waals surface area contributed by atoms with Crippen molar-refractivity contribution >= 4 is 32.6 Å². The summed E-state index contributed by atoms with van der Waals surface area (Å²) >= 11 is 1.43. The van der Waals surface area contributed by atoms with E-state index in [-0.39, 0.29) is 11.5 Å². The molecule has 0 bridgehead atoms. The summed E-state index contributed by atoms with van der Waals surface area (Å²) in [6, 6.07) is 13.7. The van der Waals surface area contributed by atoms with Gasteiger partial charge in [0.1, 0.15) is 5.82 Å². The molecule has 0 saturated carbocycles. The van der Waals surface area contributed by atoms with Crippen LogP contribution in [0.15, 0.2) is 48.5 Å². The molecule has 21 heavy (non-hydrogen) atoms. The van der Waals surface area contributed by atoms with E-state index in [1.807, 2.05) is 31.2 Å². The first-order valence-electron chi connectivity index (χ1n) is 6.62. The van der Waals surface area contributed by atoms with Gasteiger partial charge in [-0.15, -0.1) is 0 Å². The molecule has 0 spiro atoms. The largest absolute Gasteiger partial charge is 0.284 e. The predicted octanol–water partition coefficient (Wildman–Crippen LogP) is 4.10. The molecule has 3 nitrogen and oxygen atoms in total. The molecule has 2 aromatic carbocycles. The number of aromatic nitrogens is 1. The zero-order valence-electron chi connectivity index (χ0n) is 11.4. The van der Waals surface area contributed by atoms with Crippen LogP contribution in [0.2, 0.25) is 0 Å². The number of nitrogens with zero attached hydrogens (tertiary/aromatic N) is 2. The number of rotatable bonds is 3. The molecule has 1 amide bonds. The number of fused-ring (bicyclic) bond motifs is 1. The molecule has 5 heteroatoms. The van der Waals surface area contributed by atoms with E-state index in [1.54, 1.807) is 12.1 Å². The number of thiazole rings is 1. The second kappa shape index (κ2) is 5.61. The SMILES string of the molecule is CCN(C(=O)c1ccccc1F)c1nc2ccccc2s1. The number of hydrogen-bond acceptors (Lipinski definition) is 3. The Kier molecular flexibility index (Phi) is 3.66. The van der Waals surface area contributed by atoms with E-state index in [0.717, 1.165) is 10.2 Å². The Labute approximate surface area is 125 Å². The van der Waals surface area contributed by atoms with Crippen LogP contribution in [0.1, 0.15) is 17.3 Å². The van der Waals surface area contributed by atoms with E-state index >= 15 is 0 Å². The molecule has 0 aliphatic rings. The van der Waals surface area contributed by atoms with E-state index in [2.05, 4.69) is 4.98 Å². The topological polar surface area (TPSA) is 33.2 Å². The van der Waals surface area contributed by atoms with Crippen LogP contribution in [0.25, 0.3) is 10.2 Å². The lowest BCUT2D eigenvalue weighted by Gasteiger charge is -2.17. The number of amides is 1. The van der Waals surface area contributed by atoms with Crippen molar-refractivity contribution in [1.82, 2.24) is 4.98 Å². The van der Waals surface area contributed by atoms with Crippen LogP contribution in [0.4, 0.5) is 9.52 Å². The number of anilines is 1. The highest BCUT2D eigenvalue weighted by molar-refractivity contribution is 7.22. The number of hydrogen-bond donors (Lipinski definition) is 0. The maximum atomic E-state index is 13.8. The van der Waals surface area contributed by atoms with Crippen molar-refractivity contribution in [2.45, 2.75) is 6.92 Å². The minimum Gasteiger partial charge on any atom is -0.284 e. The van der Waals surface area contributed by atoms with Gasteiger partial charge in [0.25, 0.3) is 5.91 Å². The minimum absolute atomic E-state index is 0.0682. The van der Waals surface area contributed by atoms with E-state index in [0.29, 0.717) is 11.7 Å². The summed E-state index contributed by atoms with van der Waals surface area (Å²) in [5.41, 5.74) is 0.913. The number of carbonyl (C=O) groups is 1. The highest BCUT2D eigenvalue weighted by Crippen LogP contribution is 2.29. The van der Waals surface area contributed by atoms with E-state index in [4.69, 9.17) is 0 Å². The molecule has 0 radical (unpaired) electrons. The van der Waals surface area contributed by atoms with Gasteiger partial charge in [0.15, 0.2) is 5.13 Å². The zero-order chi connectivity index (χ0) is 14.8. The summed E-state index contributed by atoms with van der Waals surface area (Å²) in [5, 5.41) is 0.590. The number of carbonyl (C=O) groups excluding carboxylic acids is 1. The molecule has 1 heterocycles. The first kappa shape index (κ1) is 13.7. The van der Waals surface area contributed by atoms with Crippen molar-refractivity contribution in [3.8, 4) is 0 Å². The Morgan fingerprint density at radius 3 is 2.62 bits per heavy atom. The lowest BCUT2D eigenvalue weighted by atomic mass is 10.2. The number of para-hydroxylation sites is 1. The first-order valence-corrected chi connectivity index (χ1v) is 7.44. The lowest BCUT2D eigenvalue weighted by Crippen LogP contribution is -2.31. The summed E-state index contributed by atoms with van der Waals surface area (Å²) in [4.78, 5) is 18.5. The van der Waals surface area contributed by atoms with Gasteiger partial charge in [-0.1, -0.05) is 35.6 Å². The highest BCUT2D eigenvalue weighted by atomic mass is 32.1. The fourth-order valence-electron chi connectivity index (χ4n) is 2.12. The molecule has 0 N–H and O–H groups in total. The number of benzene rings is 2. The molecule has 0 fully saturated rings. The van der Waals surface area contributed by atoms with Gasteiger partial charge >= 0.3 is 0 Å². The van der Waals surface area contributed by atoms with Gasteiger partial charge in [-0.3, -0.25) is 9.69 Å². The van der Waals surface area contributed by atoms with Crippen molar-refractivity contribution in [2.75, 3.05) is 11.4 Å². The first-order chi connectivity index (χ1) is 10.2. The van der Waals surface area contributed by atoms with E-state index in [1.165, 1.54) is 28.4 Å². The van der Waals surface area contributed by atoms with Gasteiger partial charge in [0, 0.05) is 6.54 Å². The van der Waals surface area contributed by atoms with Crippen LogP contribution in [0, 0.1) is 5.82 Å². The molecule has 0 atom stereocenters. The Bertz CT molecular complexity index is 767. The molecule has 3 aromatic rings. The zero-order valence-corrected chi connectivity index (χ0v) is 12.2. The second-order valence-corrected chi connectivity index (χ2v) is 5.50. The summed E-state index contributed by atoms with van der Waals surface area (Å²) < 4.78 is 14.8. The third kappa shape index (κ3) is 2.52. The van der Waals surface area contributed by atoms with Crippen molar-refractivity contribution in [1.29, 1.82) is 0 Å². The average Bonchev–Trinajstić information content (AvgIpc) is 2.91. The van der Waals surface area contributed by atoms with Crippen molar-refractivity contribution in [2.24, 2.45) is 0 Å². The fourth-order valence-corrected chi connectivity index (χ4v) is 3.15. The van der Waals surface area contributed by atoms with Gasteiger partial charge in [-0.05, 0) is 31.2 Å². The summed E-state index contributed by atoms with van der Waals surface area (Å²) in [6.07, 6.45) is 0. The highest BCUT2D eigenvalue weighted by Gasteiger charge is 2.21. The normalized spacial score (nSPS) is 10.8. The molecule has 1 aromatic heterocycles. The van der Waals surface area contributed by atoms with Crippen LogP contribution in [0.5, 0.6) is 0 Å². The average molecular weight is 300 g/mol. The molecule has 0 aliphatic carbocycles. The standard InChI is InChI=1S/C16H13FN2OS/c1-2-19(15(20)11-7-3-4-8-12(11)17)16-18-13-9-5-6-10-14(13)21-16/h3-10H,2H2,1H3. The number of halogens is 1. The third-order valence-electron chi connectivity index (χ3n) is 3.18. The molecule has 3 rings (SSSR count). The van der Waals surface area contributed by atoms with Gasteiger partial charge in [-0.25, -0.2) is 9.37 Å². The predicted molar refractivity (Wildman–Crippen MR) is 83.4 cm³/mol. The van der Waals surface area contributed by atoms with Gasteiger partial charge < -0.3 is 0 Å². The van der Waals surface area contributed by atoms with E-state index in [9.17, 15) is 9.18 Å². The molecule has 0 unspecified atom stereocenters. The van der Waals surface area contributed by atoms with Crippen molar-refractivity contribution in [3.05, 3.63) is 59.9 Å². The molecule has 0 saturated heterocycles. The minimum atomic E-state index is -0.512. The molecular weight excluding hydrogens is 287 g/mol. The quantitative estimate of drug-likeness (QED) is 0.729. The Morgan fingerprint density at radius 2 is 1.90 bits per heavy atom. The van der Waals surface area contributed by atoms with Gasteiger partial charge in [-0.2, -0.15) is 0 Å². The Hall–Kier alpha value is -2.27. The smallest absolute Gasteiger partial charge is 0.263 e. The van der Waals surface area contributed by atoms with Crippen LogP contribution < -0.4 is 4.90 Å². The Morgan fingerprint density at radius 1 is 1.19 bits per heavy atom. The van der Waals surface area contributed by atoms with Crippen LogP contribution in [-0.2, 0) is 0 Å². The monoisotopic (exact) mass is 300 g/mol. The summed E-state index contributed by atoms with van der Waals surface area (Å²) in [6.45, 7) is 2.29. The van der Waals surface area contributed by atoms with Gasteiger partial charge in [0.05, 0.1) is 15.8 Å². The van der Waals surface area contributed by atoms with E-state index < -0.39 is 5.82 Å². The summed E-state index contributed by atoms with van der Waals surface area (Å²) in [7, 11) is 0. The van der Waals surface area contributed by atoms with Crippen molar-refractivity contribution < 1.29 is 9.18 Å². The van der Waals surface area contributed by atoms with Crippen LogP contribution in [-0.4, -0.2) is 17.4 Å². The maximum absolute atomic E-state index is 13.8. The van der Waals surface area contributed by atoms with Crippen molar-refractivity contribution in [3.63, 3.8) is 0 Å².